The predicted molar refractivity (Wildman–Crippen MR) is 112 cm³/mol. The van der Waals surface area contributed by atoms with Crippen molar-refractivity contribution in [1.29, 1.82) is 0 Å². The van der Waals surface area contributed by atoms with Crippen LogP contribution in [0.5, 0.6) is 5.75 Å². The van der Waals surface area contributed by atoms with E-state index in [1.807, 2.05) is 18.2 Å². The van der Waals surface area contributed by atoms with Crippen LogP contribution in [0.1, 0.15) is 36.6 Å². The van der Waals surface area contributed by atoms with Crippen LogP contribution in [0.3, 0.4) is 0 Å². The fourth-order valence-corrected chi connectivity index (χ4v) is 4.14. The molecule has 0 amide bonds. The first kappa shape index (κ1) is 19.4. The molecule has 0 N–H and O–H groups in total. The van der Waals surface area contributed by atoms with Crippen molar-refractivity contribution in [3.8, 4) is 5.75 Å². The summed E-state index contributed by atoms with van der Waals surface area (Å²) in [4.78, 5) is 31.9. The number of pyridine rings is 1. The molecule has 1 aliphatic heterocycles. The summed E-state index contributed by atoms with van der Waals surface area (Å²) in [6.07, 6.45) is 3.30. The zero-order valence-electron chi connectivity index (χ0n) is 17.1. The topological polar surface area (TPSA) is 69.4 Å². The highest BCUT2D eigenvalue weighted by Gasteiger charge is 2.26. The van der Waals surface area contributed by atoms with Gasteiger partial charge in [-0.05, 0) is 49.2 Å². The Morgan fingerprint density at radius 3 is 2.52 bits per heavy atom. The average Bonchev–Trinajstić information content (AvgIpc) is 2.77. The van der Waals surface area contributed by atoms with Crippen LogP contribution in [0.25, 0.3) is 11.0 Å². The lowest BCUT2D eigenvalue weighted by Gasteiger charge is -2.35. The Morgan fingerprint density at radius 1 is 1.03 bits per heavy atom. The van der Waals surface area contributed by atoms with E-state index in [0.717, 1.165) is 48.4 Å². The zero-order chi connectivity index (χ0) is 20.5. The Balaban J connectivity index is 1.70. The molecule has 7 nitrogen and oxygen atoms in total. The molecule has 0 aliphatic carbocycles. The number of nitrogens with zero attached hydrogens (tertiary/aromatic N) is 4. The summed E-state index contributed by atoms with van der Waals surface area (Å²) >= 11 is 0. The molecule has 0 spiro atoms. The smallest absolute Gasteiger partial charge is 0.332 e. The number of fused-ring (bicyclic) bond motifs is 1. The quantitative estimate of drug-likeness (QED) is 0.680. The Hall–Kier alpha value is -2.93. The largest absolute Gasteiger partial charge is 0.497 e. The number of likely N-dealkylation sites (tertiary alicyclic amines) is 1. The van der Waals surface area contributed by atoms with Gasteiger partial charge in [0.15, 0.2) is 0 Å². The lowest BCUT2D eigenvalue weighted by Crippen LogP contribution is -2.38. The summed E-state index contributed by atoms with van der Waals surface area (Å²) in [5.41, 5.74) is 1.92. The van der Waals surface area contributed by atoms with Gasteiger partial charge >= 0.3 is 5.69 Å². The second-order valence-corrected chi connectivity index (χ2v) is 7.64. The van der Waals surface area contributed by atoms with Gasteiger partial charge in [-0.2, -0.15) is 0 Å². The Labute approximate surface area is 169 Å². The molecule has 3 aromatic rings. The van der Waals surface area contributed by atoms with Gasteiger partial charge in [-0.25, -0.2) is 9.78 Å². The molecule has 1 saturated heterocycles. The number of hydrogen-bond acceptors (Lipinski definition) is 5. The predicted octanol–water partition coefficient (Wildman–Crippen LogP) is 2.37. The molecule has 1 aliphatic rings. The number of aryl methyl sites for hydroxylation is 1. The van der Waals surface area contributed by atoms with Crippen molar-refractivity contribution in [1.82, 2.24) is 19.0 Å². The van der Waals surface area contributed by atoms with Crippen LogP contribution in [0.15, 0.2) is 46.0 Å². The van der Waals surface area contributed by atoms with Gasteiger partial charge in [-0.1, -0.05) is 18.6 Å². The van der Waals surface area contributed by atoms with E-state index in [2.05, 4.69) is 17.0 Å². The molecule has 3 heterocycles. The fourth-order valence-electron chi connectivity index (χ4n) is 4.14. The molecule has 152 valence electrons. The normalized spacial score (nSPS) is 17.6. The fraction of sp³-hybridized carbons (Fsp3) is 0.409. The van der Waals surface area contributed by atoms with Crippen molar-refractivity contribution in [2.75, 3.05) is 13.7 Å². The lowest BCUT2D eigenvalue weighted by atomic mass is 9.97. The van der Waals surface area contributed by atoms with Gasteiger partial charge in [0.1, 0.15) is 11.4 Å². The number of benzene rings is 1. The first-order chi connectivity index (χ1) is 14.0. The van der Waals surface area contributed by atoms with E-state index in [1.54, 1.807) is 20.2 Å². The summed E-state index contributed by atoms with van der Waals surface area (Å²) in [6, 6.07) is 12.0. The van der Waals surface area contributed by atoms with E-state index in [1.165, 1.54) is 17.2 Å². The van der Waals surface area contributed by atoms with Crippen LogP contribution in [-0.4, -0.2) is 32.7 Å². The average molecular weight is 394 g/mol. The van der Waals surface area contributed by atoms with E-state index in [4.69, 9.17) is 9.72 Å². The van der Waals surface area contributed by atoms with E-state index >= 15 is 0 Å². The van der Waals surface area contributed by atoms with Crippen LogP contribution >= 0.6 is 0 Å². The van der Waals surface area contributed by atoms with Gasteiger partial charge in [-0.3, -0.25) is 18.8 Å². The SMILES string of the molecule is COc1ccc(CN2CCCC[C@H]2c2ccc3c(=O)n(C)c(=O)n(C)c3n2)cc1. The summed E-state index contributed by atoms with van der Waals surface area (Å²) in [6.45, 7) is 1.82. The number of rotatable bonds is 4. The molecule has 4 rings (SSSR count). The molecule has 0 radical (unpaired) electrons. The van der Waals surface area contributed by atoms with Crippen LogP contribution in [0, 0.1) is 0 Å². The van der Waals surface area contributed by atoms with Gasteiger partial charge in [0.25, 0.3) is 5.56 Å². The monoisotopic (exact) mass is 394 g/mol. The van der Waals surface area contributed by atoms with Gasteiger partial charge in [0, 0.05) is 20.6 Å². The summed E-state index contributed by atoms with van der Waals surface area (Å²) in [7, 11) is 4.83. The number of aromatic nitrogens is 3. The number of ether oxygens (including phenoxy) is 1. The van der Waals surface area contributed by atoms with Gasteiger partial charge in [0.2, 0.25) is 0 Å². The molecule has 1 aromatic carbocycles. The Morgan fingerprint density at radius 2 is 1.79 bits per heavy atom. The zero-order valence-corrected chi connectivity index (χ0v) is 17.1. The molecule has 2 aromatic heterocycles. The number of methoxy groups -OCH3 is 1. The lowest BCUT2D eigenvalue weighted by molar-refractivity contribution is 0.137. The summed E-state index contributed by atoms with van der Waals surface area (Å²) < 4.78 is 7.83. The molecule has 0 bridgehead atoms. The Kier molecular flexibility index (Phi) is 5.24. The summed E-state index contributed by atoms with van der Waals surface area (Å²) in [5.74, 6) is 0.850. The maximum atomic E-state index is 12.4. The van der Waals surface area contributed by atoms with E-state index in [0.29, 0.717) is 11.0 Å². The molecule has 1 fully saturated rings. The maximum Gasteiger partial charge on any atom is 0.332 e. The standard InChI is InChI=1S/C22H26N4O3/c1-24-20-17(21(27)25(2)22(24)28)11-12-18(23-20)19-6-4-5-13-26(19)14-15-7-9-16(29-3)10-8-15/h7-12,19H,4-6,13-14H2,1-3H3/t19-/m0/s1. The Bertz CT molecular complexity index is 1150. The van der Waals surface area contributed by atoms with Crippen LogP contribution < -0.4 is 16.0 Å². The first-order valence-electron chi connectivity index (χ1n) is 9.93. The van der Waals surface area contributed by atoms with E-state index in [-0.39, 0.29) is 17.3 Å². The number of hydrogen-bond donors (Lipinski definition) is 0. The third-order valence-corrected chi connectivity index (χ3v) is 5.82. The molecule has 1 atom stereocenters. The van der Waals surface area contributed by atoms with Crippen molar-refractivity contribution in [3.05, 3.63) is 68.5 Å². The minimum atomic E-state index is -0.356. The van der Waals surface area contributed by atoms with Gasteiger partial charge in [0.05, 0.1) is 24.2 Å². The first-order valence-corrected chi connectivity index (χ1v) is 9.93. The molecule has 29 heavy (non-hydrogen) atoms. The second kappa shape index (κ2) is 7.83. The van der Waals surface area contributed by atoms with E-state index < -0.39 is 0 Å². The molecule has 0 unspecified atom stereocenters. The van der Waals surface area contributed by atoms with Crippen molar-refractivity contribution in [2.45, 2.75) is 31.8 Å². The highest BCUT2D eigenvalue weighted by atomic mass is 16.5. The second-order valence-electron chi connectivity index (χ2n) is 7.64. The molecule has 0 saturated carbocycles. The number of piperidine rings is 1. The highest BCUT2D eigenvalue weighted by molar-refractivity contribution is 5.74. The van der Waals surface area contributed by atoms with Gasteiger partial charge in [-0.15, -0.1) is 0 Å². The minimum Gasteiger partial charge on any atom is -0.497 e. The van der Waals surface area contributed by atoms with Crippen molar-refractivity contribution >= 4 is 11.0 Å². The molecular formula is C22H26N4O3. The van der Waals surface area contributed by atoms with Crippen LogP contribution in [0.2, 0.25) is 0 Å². The third-order valence-electron chi connectivity index (χ3n) is 5.82. The van der Waals surface area contributed by atoms with Crippen molar-refractivity contribution in [2.24, 2.45) is 14.1 Å². The van der Waals surface area contributed by atoms with Gasteiger partial charge < -0.3 is 4.74 Å². The summed E-state index contributed by atoms with van der Waals surface area (Å²) in [5, 5.41) is 0.468. The van der Waals surface area contributed by atoms with Crippen LogP contribution in [-0.2, 0) is 20.6 Å². The third kappa shape index (κ3) is 3.58. The van der Waals surface area contributed by atoms with E-state index in [9.17, 15) is 9.59 Å². The van der Waals surface area contributed by atoms with Crippen molar-refractivity contribution in [3.63, 3.8) is 0 Å². The highest BCUT2D eigenvalue weighted by Crippen LogP contribution is 2.32. The van der Waals surface area contributed by atoms with Crippen molar-refractivity contribution < 1.29 is 4.74 Å². The minimum absolute atomic E-state index is 0.161. The van der Waals surface area contributed by atoms with Crippen LogP contribution in [0.4, 0.5) is 0 Å². The molecular weight excluding hydrogens is 368 g/mol. The maximum absolute atomic E-state index is 12.4. The molecule has 7 heteroatoms.